The van der Waals surface area contributed by atoms with Crippen molar-refractivity contribution in [3.63, 3.8) is 0 Å². The fourth-order valence-corrected chi connectivity index (χ4v) is 2.48. The molecule has 2 aromatic rings. The van der Waals surface area contributed by atoms with Crippen molar-refractivity contribution in [1.29, 1.82) is 0 Å². The van der Waals surface area contributed by atoms with E-state index in [4.69, 9.17) is 0 Å². The number of rotatable bonds is 5. The summed E-state index contributed by atoms with van der Waals surface area (Å²) < 4.78 is 2.14. The molecule has 0 aliphatic rings. The number of imidazole rings is 1. The standard InChI is InChI=1S/C12H18N4S/c1-10-13-4-7-16(10)8-5-15-12(2,3)11-14-6-9-17-11/h4,6-7,9,15H,5,8H2,1-3H3. The Bertz CT molecular complexity index is 459. The first-order chi connectivity index (χ1) is 8.09. The molecule has 0 bridgehead atoms. The molecule has 0 unspecified atom stereocenters. The first kappa shape index (κ1) is 12.3. The van der Waals surface area contributed by atoms with Crippen LogP contribution < -0.4 is 5.32 Å². The predicted octanol–water partition coefficient (Wildman–Crippen LogP) is 2.17. The van der Waals surface area contributed by atoms with E-state index in [1.54, 1.807) is 11.3 Å². The summed E-state index contributed by atoms with van der Waals surface area (Å²) >= 11 is 1.69. The van der Waals surface area contributed by atoms with Crippen LogP contribution >= 0.6 is 11.3 Å². The summed E-state index contributed by atoms with van der Waals surface area (Å²) in [7, 11) is 0. The highest BCUT2D eigenvalue weighted by Crippen LogP contribution is 2.21. The summed E-state index contributed by atoms with van der Waals surface area (Å²) in [6, 6.07) is 0. The van der Waals surface area contributed by atoms with E-state index in [0.29, 0.717) is 0 Å². The third-order valence-corrected chi connectivity index (χ3v) is 3.91. The molecule has 0 atom stereocenters. The second-order valence-corrected chi connectivity index (χ2v) is 5.45. The minimum atomic E-state index is -0.0668. The zero-order chi connectivity index (χ0) is 12.3. The molecule has 4 nitrogen and oxygen atoms in total. The van der Waals surface area contributed by atoms with Gasteiger partial charge >= 0.3 is 0 Å². The number of hydrogen-bond acceptors (Lipinski definition) is 4. The summed E-state index contributed by atoms with van der Waals surface area (Å²) in [5.41, 5.74) is -0.0668. The van der Waals surface area contributed by atoms with Gasteiger partial charge < -0.3 is 9.88 Å². The Morgan fingerprint density at radius 2 is 2.18 bits per heavy atom. The van der Waals surface area contributed by atoms with Crippen molar-refractivity contribution in [3.05, 3.63) is 34.8 Å². The van der Waals surface area contributed by atoms with E-state index in [1.165, 1.54) is 0 Å². The molecule has 0 saturated heterocycles. The molecule has 2 rings (SSSR count). The van der Waals surface area contributed by atoms with Crippen LogP contribution in [-0.2, 0) is 12.1 Å². The van der Waals surface area contributed by atoms with E-state index < -0.39 is 0 Å². The minimum absolute atomic E-state index is 0.0668. The zero-order valence-corrected chi connectivity index (χ0v) is 11.3. The molecule has 0 spiro atoms. The van der Waals surface area contributed by atoms with E-state index in [-0.39, 0.29) is 5.54 Å². The van der Waals surface area contributed by atoms with Crippen molar-refractivity contribution in [1.82, 2.24) is 19.9 Å². The summed E-state index contributed by atoms with van der Waals surface area (Å²) in [5.74, 6) is 1.05. The number of nitrogens with one attached hydrogen (secondary N) is 1. The quantitative estimate of drug-likeness (QED) is 0.884. The van der Waals surface area contributed by atoms with E-state index in [9.17, 15) is 0 Å². The van der Waals surface area contributed by atoms with Gasteiger partial charge in [-0.25, -0.2) is 9.97 Å². The maximum atomic E-state index is 4.36. The van der Waals surface area contributed by atoms with Gasteiger partial charge in [0.05, 0.1) is 5.54 Å². The molecular formula is C12H18N4S. The van der Waals surface area contributed by atoms with Gasteiger partial charge in [-0.05, 0) is 20.8 Å². The van der Waals surface area contributed by atoms with Gasteiger partial charge in [0, 0.05) is 37.1 Å². The van der Waals surface area contributed by atoms with Crippen LogP contribution in [0.3, 0.4) is 0 Å². The number of aryl methyl sites for hydroxylation is 1. The minimum Gasteiger partial charge on any atom is -0.334 e. The predicted molar refractivity (Wildman–Crippen MR) is 70.1 cm³/mol. The van der Waals surface area contributed by atoms with Crippen LogP contribution in [0.4, 0.5) is 0 Å². The van der Waals surface area contributed by atoms with E-state index >= 15 is 0 Å². The van der Waals surface area contributed by atoms with Gasteiger partial charge in [0.1, 0.15) is 10.8 Å². The van der Waals surface area contributed by atoms with Crippen LogP contribution in [0, 0.1) is 6.92 Å². The smallest absolute Gasteiger partial charge is 0.112 e. The lowest BCUT2D eigenvalue weighted by atomic mass is 10.1. The first-order valence-corrected chi connectivity index (χ1v) is 6.60. The van der Waals surface area contributed by atoms with Gasteiger partial charge in [-0.3, -0.25) is 0 Å². The SMILES string of the molecule is Cc1nccn1CCNC(C)(C)c1nccs1. The Labute approximate surface area is 106 Å². The van der Waals surface area contributed by atoms with Crippen LogP contribution in [0.25, 0.3) is 0 Å². The molecular weight excluding hydrogens is 232 g/mol. The average molecular weight is 250 g/mol. The van der Waals surface area contributed by atoms with Crippen molar-refractivity contribution in [2.45, 2.75) is 32.9 Å². The van der Waals surface area contributed by atoms with Gasteiger partial charge in [-0.2, -0.15) is 0 Å². The average Bonchev–Trinajstić information content (AvgIpc) is 2.90. The molecule has 0 aliphatic carbocycles. The van der Waals surface area contributed by atoms with Crippen LogP contribution in [0.2, 0.25) is 0 Å². The van der Waals surface area contributed by atoms with Gasteiger partial charge in [-0.15, -0.1) is 11.3 Å². The largest absolute Gasteiger partial charge is 0.334 e. The molecule has 2 heterocycles. The second-order valence-electron chi connectivity index (χ2n) is 4.56. The second kappa shape index (κ2) is 4.98. The summed E-state index contributed by atoms with van der Waals surface area (Å²) in [5, 5.41) is 6.66. The first-order valence-electron chi connectivity index (χ1n) is 5.72. The van der Waals surface area contributed by atoms with Crippen molar-refractivity contribution in [2.75, 3.05) is 6.54 Å². The van der Waals surface area contributed by atoms with Crippen molar-refractivity contribution in [2.24, 2.45) is 0 Å². The molecule has 92 valence electrons. The number of nitrogens with zero attached hydrogens (tertiary/aromatic N) is 3. The number of thiazole rings is 1. The lowest BCUT2D eigenvalue weighted by Crippen LogP contribution is -2.38. The van der Waals surface area contributed by atoms with E-state index in [1.807, 2.05) is 30.9 Å². The Balaban J connectivity index is 1.88. The lowest BCUT2D eigenvalue weighted by Gasteiger charge is -2.24. The van der Waals surface area contributed by atoms with Gasteiger partial charge in [0.25, 0.3) is 0 Å². The zero-order valence-electron chi connectivity index (χ0n) is 10.5. The molecule has 0 fully saturated rings. The maximum absolute atomic E-state index is 4.36. The topological polar surface area (TPSA) is 42.7 Å². The number of hydrogen-bond donors (Lipinski definition) is 1. The molecule has 0 saturated carbocycles. The van der Waals surface area contributed by atoms with Gasteiger partial charge in [0.2, 0.25) is 0 Å². The molecule has 1 N–H and O–H groups in total. The van der Waals surface area contributed by atoms with Crippen LogP contribution in [0.15, 0.2) is 24.0 Å². The molecule has 0 amide bonds. The van der Waals surface area contributed by atoms with Crippen LogP contribution in [0.5, 0.6) is 0 Å². The lowest BCUT2D eigenvalue weighted by molar-refractivity contribution is 0.389. The van der Waals surface area contributed by atoms with Crippen molar-refractivity contribution in [3.8, 4) is 0 Å². The number of aromatic nitrogens is 3. The normalized spacial score (nSPS) is 11.9. The summed E-state index contributed by atoms with van der Waals surface area (Å²) in [4.78, 5) is 8.56. The van der Waals surface area contributed by atoms with Crippen LogP contribution in [0.1, 0.15) is 24.7 Å². The van der Waals surface area contributed by atoms with Crippen LogP contribution in [-0.4, -0.2) is 21.1 Å². The maximum Gasteiger partial charge on any atom is 0.112 e. The monoisotopic (exact) mass is 250 g/mol. The Morgan fingerprint density at radius 1 is 1.35 bits per heavy atom. The Kier molecular flexibility index (Phi) is 3.59. The summed E-state index contributed by atoms with van der Waals surface area (Å²) in [6.45, 7) is 8.18. The molecule has 5 heteroatoms. The highest BCUT2D eigenvalue weighted by molar-refractivity contribution is 7.09. The van der Waals surface area contributed by atoms with Crippen molar-refractivity contribution >= 4 is 11.3 Å². The van der Waals surface area contributed by atoms with Crippen molar-refractivity contribution < 1.29 is 0 Å². The van der Waals surface area contributed by atoms with Gasteiger partial charge in [0.15, 0.2) is 0 Å². The fourth-order valence-electron chi connectivity index (χ4n) is 1.74. The third kappa shape index (κ3) is 2.92. The molecule has 17 heavy (non-hydrogen) atoms. The molecule has 0 radical (unpaired) electrons. The fraction of sp³-hybridized carbons (Fsp3) is 0.500. The van der Waals surface area contributed by atoms with E-state index in [2.05, 4.69) is 33.7 Å². The highest BCUT2D eigenvalue weighted by atomic mass is 32.1. The molecule has 2 aromatic heterocycles. The highest BCUT2D eigenvalue weighted by Gasteiger charge is 2.21. The molecule has 0 aromatic carbocycles. The van der Waals surface area contributed by atoms with E-state index in [0.717, 1.165) is 23.9 Å². The van der Waals surface area contributed by atoms with Gasteiger partial charge in [-0.1, -0.05) is 0 Å². The summed E-state index contributed by atoms with van der Waals surface area (Å²) in [6.07, 6.45) is 5.69. The Hall–Kier alpha value is -1.20. The third-order valence-electron chi connectivity index (χ3n) is 2.81. The Morgan fingerprint density at radius 3 is 2.76 bits per heavy atom. The molecule has 0 aliphatic heterocycles.